The van der Waals surface area contributed by atoms with Crippen molar-refractivity contribution in [3.05, 3.63) is 68.2 Å². The van der Waals surface area contributed by atoms with Gasteiger partial charge in [0.15, 0.2) is 0 Å². The molecule has 0 bridgehead atoms. The van der Waals surface area contributed by atoms with Crippen LogP contribution in [0.25, 0.3) is 11.3 Å². The Morgan fingerprint density at radius 3 is 2.74 bits per heavy atom. The van der Waals surface area contributed by atoms with E-state index in [-0.39, 0.29) is 22.9 Å². The third kappa shape index (κ3) is 2.67. The number of nitriles is 1. The summed E-state index contributed by atoms with van der Waals surface area (Å²) in [5.41, 5.74) is 7.82. The maximum Gasteiger partial charge on any atom is 0.244 e. The van der Waals surface area contributed by atoms with Crippen molar-refractivity contribution in [1.29, 1.82) is 5.26 Å². The lowest BCUT2D eigenvalue weighted by atomic mass is 9.82. The van der Waals surface area contributed by atoms with Gasteiger partial charge in [0.25, 0.3) is 0 Å². The molecule has 1 aromatic carbocycles. The smallest absolute Gasteiger partial charge is 0.244 e. The largest absolute Gasteiger partial charge is 0.420 e. The molecular weight excluding hydrogens is 370 g/mol. The summed E-state index contributed by atoms with van der Waals surface area (Å²) in [6, 6.07) is 7.09. The van der Waals surface area contributed by atoms with E-state index < -0.39 is 17.6 Å². The Balaban J connectivity index is 2.02. The SMILES string of the molecule is Cc1cc(-c2[nH]nc3c2[C@@H](c2cc(F)ccc2F)C(C#N)=C(N)O3)c(C)s1. The van der Waals surface area contributed by atoms with E-state index in [1.54, 1.807) is 11.3 Å². The predicted octanol–water partition coefficient (Wildman–Crippen LogP) is 4.25. The average Bonchev–Trinajstić information content (AvgIpc) is 3.18. The summed E-state index contributed by atoms with van der Waals surface area (Å²) < 4.78 is 34.0. The fourth-order valence-electron chi connectivity index (χ4n) is 3.38. The first-order valence-corrected chi connectivity index (χ1v) is 8.90. The fraction of sp³-hybridized carbons (Fsp3) is 0.158. The second kappa shape index (κ2) is 6.21. The van der Waals surface area contributed by atoms with E-state index >= 15 is 0 Å². The van der Waals surface area contributed by atoms with Crippen molar-refractivity contribution in [3.63, 3.8) is 0 Å². The van der Waals surface area contributed by atoms with E-state index in [1.807, 2.05) is 26.0 Å². The number of hydrogen-bond donors (Lipinski definition) is 2. The number of allylic oxidation sites excluding steroid dienone is 1. The number of nitrogens with zero attached hydrogens (tertiary/aromatic N) is 2. The number of thiophene rings is 1. The first-order chi connectivity index (χ1) is 12.9. The zero-order valence-electron chi connectivity index (χ0n) is 14.4. The van der Waals surface area contributed by atoms with Gasteiger partial charge in [-0.25, -0.2) is 8.78 Å². The van der Waals surface area contributed by atoms with Gasteiger partial charge >= 0.3 is 0 Å². The zero-order valence-corrected chi connectivity index (χ0v) is 15.2. The van der Waals surface area contributed by atoms with Gasteiger partial charge in [-0.15, -0.1) is 16.4 Å². The number of fused-ring (bicyclic) bond motifs is 1. The number of aromatic amines is 1. The molecule has 1 atom stereocenters. The van der Waals surface area contributed by atoms with Crippen LogP contribution in [0.5, 0.6) is 5.88 Å². The monoisotopic (exact) mass is 384 g/mol. The summed E-state index contributed by atoms with van der Waals surface area (Å²) in [4.78, 5) is 2.12. The van der Waals surface area contributed by atoms with Gasteiger partial charge in [-0.05, 0) is 38.1 Å². The van der Waals surface area contributed by atoms with Gasteiger partial charge in [-0.3, -0.25) is 5.10 Å². The summed E-state index contributed by atoms with van der Waals surface area (Å²) in [7, 11) is 0. The molecule has 5 nitrogen and oxygen atoms in total. The van der Waals surface area contributed by atoms with E-state index in [2.05, 4.69) is 10.2 Å². The van der Waals surface area contributed by atoms with Gasteiger partial charge < -0.3 is 10.5 Å². The maximum absolute atomic E-state index is 14.6. The molecular formula is C19H14F2N4OS. The van der Waals surface area contributed by atoms with Crippen LogP contribution in [0.15, 0.2) is 35.7 Å². The molecule has 136 valence electrons. The molecule has 3 N–H and O–H groups in total. The Morgan fingerprint density at radius 1 is 1.30 bits per heavy atom. The molecule has 0 aliphatic carbocycles. The molecule has 0 saturated carbocycles. The minimum absolute atomic E-state index is 0.00584. The van der Waals surface area contributed by atoms with E-state index in [4.69, 9.17) is 10.5 Å². The van der Waals surface area contributed by atoms with Crippen molar-refractivity contribution in [3.8, 4) is 23.2 Å². The zero-order chi connectivity index (χ0) is 19.3. The molecule has 0 amide bonds. The minimum atomic E-state index is -0.928. The summed E-state index contributed by atoms with van der Waals surface area (Å²) in [5, 5.41) is 16.7. The molecule has 27 heavy (non-hydrogen) atoms. The molecule has 3 heterocycles. The standard InChI is InChI=1S/C19H14F2N4OS/c1-8-5-11(9(2)27-8)17-16-15(12-6-10(20)3-4-14(12)21)13(7-22)18(23)26-19(16)25-24-17/h3-6,15H,23H2,1-2H3,(H,24,25)/t15-/m0/s1. The second-order valence-electron chi connectivity index (χ2n) is 6.23. The van der Waals surface area contributed by atoms with Crippen LogP contribution in [0, 0.1) is 36.8 Å². The summed E-state index contributed by atoms with van der Waals surface area (Å²) in [6.07, 6.45) is 0. The van der Waals surface area contributed by atoms with Gasteiger partial charge in [-0.2, -0.15) is 5.26 Å². The topological polar surface area (TPSA) is 87.7 Å². The van der Waals surface area contributed by atoms with E-state index in [9.17, 15) is 14.0 Å². The molecule has 8 heteroatoms. The van der Waals surface area contributed by atoms with Crippen LogP contribution in [0.4, 0.5) is 8.78 Å². The highest BCUT2D eigenvalue weighted by molar-refractivity contribution is 7.12. The highest BCUT2D eigenvalue weighted by Gasteiger charge is 2.37. The number of aromatic nitrogens is 2. The fourth-order valence-corrected chi connectivity index (χ4v) is 4.31. The lowest BCUT2D eigenvalue weighted by Gasteiger charge is -2.24. The van der Waals surface area contributed by atoms with Gasteiger partial charge in [0.2, 0.25) is 11.8 Å². The molecule has 1 aliphatic heterocycles. The minimum Gasteiger partial charge on any atom is -0.420 e. The Labute approximate surface area is 157 Å². The number of nitrogens with two attached hydrogens (primary N) is 1. The van der Waals surface area contributed by atoms with Crippen LogP contribution in [0.3, 0.4) is 0 Å². The highest BCUT2D eigenvalue weighted by atomic mass is 32.1. The molecule has 2 aromatic heterocycles. The molecule has 0 unspecified atom stereocenters. The Kier molecular flexibility index (Phi) is 3.97. The number of ether oxygens (including phenoxy) is 1. The predicted molar refractivity (Wildman–Crippen MR) is 97.0 cm³/mol. The van der Waals surface area contributed by atoms with Gasteiger partial charge in [0.05, 0.1) is 17.2 Å². The number of halogens is 2. The van der Waals surface area contributed by atoms with Crippen molar-refractivity contribution in [1.82, 2.24) is 10.2 Å². The van der Waals surface area contributed by atoms with Crippen LogP contribution in [0.2, 0.25) is 0 Å². The molecule has 0 spiro atoms. The van der Waals surface area contributed by atoms with Crippen molar-refractivity contribution < 1.29 is 13.5 Å². The van der Waals surface area contributed by atoms with Crippen molar-refractivity contribution in [2.45, 2.75) is 19.8 Å². The molecule has 0 radical (unpaired) electrons. The Bertz CT molecular complexity index is 1140. The van der Waals surface area contributed by atoms with Crippen LogP contribution >= 0.6 is 11.3 Å². The number of aryl methyl sites for hydroxylation is 2. The highest BCUT2D eigenvalue weighted by Crippen LogP contribution is 2.47. The van der Waals surface area contributed by atoms with Gasteiger partial charge in [-0.1, -0.05) is 0 Å². The third-order valence-corrected chi connectivity index (χ3v) is 5.48. The summed E-state index contributed by atoms with van der Waals surface area (Å²) in [6.45, 7) is 3.93. The third-order valence-electron chi connectivity index (χ3n) is 4.52. The molecule has 3 aromatic rings. The van der Waals surface area contributed by atoms with E-state index in [0.29, 0.717) is 11.3 Å². The van der Waals surface area contributed by atoms with Crippen molar-refractivity contribution in [2.24, 2.45) is 5.73 Å². The number of nitrogens with one attached hydrogen (secondary N) is 1. The normalized spacial score (nSPS) is 16.0. The number of rotatable bonds is 2. The van der Waals surface area contributed by atoms with E-state index in [1.165, 1.54) is 0 Å². The first-order valence-electron chi connectivity index (χ1n) is 8.09. The number of H-pyrrole nitrogens is 1. The summed E-state index contributed by atoms with van der Waals surface area (Å²) in [5.74, 6) is -2.20. The summed E-state index contributed by atoms with van der Waals surface area (Å²) >= 11 is 1.60. The van der Waals surface area contributed by atoms with Crippen molar-refractivity contribution >= 4 is 11.3 Å². The molecule has 0 fully saturated rings. The van der Waals surface area contributed by atoms with Crippen LogP contribution in [-0.4, -0.2) is 10.2 Å². The lowest BCUT2D eigenvalue weighted by Crippen LogP contribution is -2.21. The lowest BCUT2D eigenvalue weighted by molar-refractivity contribution is 0.378. The van der Waals surface area contributed by atoms with Crippen molar-refractivity contribution in [2.75, 3.05) is 0 Å². The van der Waals surface area contributed by atoms with Crippen LogP contribution in [0.1, 0.15) is 26.8 Å². The van der Waals surface area contributed by atoms with Gasteiger partial charge in [0, 0.05) is 20.9 Å². The van der Waals surface area contributed by atoms with E-state index in [0.717, 1.165) is 33.5 Å². The Hall–Kier alpha value is -3.18. The molecule has 4 rings (SSSR count). The number of hydrogen-bond acceptors (Lipinski definition) is 5. The second-order valence-corrected chi connectivity index (χ2v) is 7.70. The molecule has 0 saturated heterocycles. The first kappa shape index (κ1) is 17.2. The number of benzene rings is 1. The van der Waals surface area contributed by atoms with Gasteiger partial charge in [0.1, 0.15) is 23.3 Å². The Morgan fingerprint density at radius 2 is 2.07 bits per heavy atom. The van der Waals surface area contributed by atoms with Crippen LogP contribution in [-0.2, 0) is 0 Å². The average molecular weight is 384 g/mol. The molecule has 1 aliphatic rings. The maximum atomic E-state index is 14.6. The van der Waals surface area contributed by atoms with Crippen LogP contribution < -0.4 is 10.5 Å². The quantitative estimate of drug-likeness (QED) is 0.691.